The summed E-state index contributed by atoms with van der Waals surface area (Å²) in [6.07, 6.45) is 0.545. The predicted octanol–water partition coefficient (Wildman–Crippen LogP) is -0.326. The lowest BCUT2D eigenvalue weighted by Crippen LogP contribution is -2.48. The largest absolute Gasteiger partial charge is 0.442 e. The fourth-order valence-corrected chi connectivity index (χ4v) is 3.82. The van der Waals surface area contributed by atoms with E-state index in [4.69, 9.17) is 4.74 Å². The van der Waals surface area contributed by atoms with E-state index in [1.165, 1.54) is 0 Å². The van der Waals surface area contributed by atoms with Crippen LogP contribution in [0.1, 0.15) is 12.8 Å². The summed E-state index contributed by atoms with van der Waals surface area (Å²) < 4.78 is 27.4. The van der Waals surface area contributed by atoms with Crippen LogP contribution in [0.2, 0.25) is 0 Å². The summed E-state index contributed by atoms with van der Waals surface area (Å²) in [5, 5.41) is 2.50. The molecule has 1 unspecified atom stereocenters. The number of hydrogen-bond acceptors (Lipinski definition) is 4. The molecule has 6 heteroatoms. The molecule has 0 aliphatic carbocycles. The van der Waals surface area contributed by atoms with Crippen molar-refractivity contribution in [1.29, 1.82) is 0 Å². The maximum Gasteiger partial charge on any atom is 0.407 e. The average molecular weight is 205 g/mol. The van der Waals surface area contributed by atoms with Crippen molar-refractivity contribution in [3.05, 3.63) is 0 Å². The smallest absolute Gasteiger partial charge is 0.407 e. The van der Waals surface area contributed by atoms with Gasteiger partial charge in [-0.25, -0.2) is 13.2 Å². The van der Waals surface area contributed by atoms with Crippen molar-refractivity contribution in [3.8, 4) is 0 Å². The lowest BCUT2D eigenvalue weighted by atomic mass is 9.98. The molecule has 0 aromatic heterocycles. The minimum absolute atomic E-state index is 0.00653. The molecule has 2 fully saturated rings. The molecule has 0 saturated carbocycles. The topological polar surface area (TPSA) is 72.5 Å². The lowest BCUT2D eigenvalue weighted by molar-refractivity contribution is 0.00645. The predicted molar refractivity (Wildman–Crippen MR) is 45.1 cm³/mol. The molecule has 13 heavy (non-hydrogen) atoms. The fraction of sp³-hybridized carbons (Fsp3) is 0.857. The Morgan fingerprint density at radius 1 is 1.38 bits per heavy atom. The molecule has 5 nitrogen and oxygen atoms in total. The third kappa shape index (κ3) is 1.63. The number of alkyl carbamates (subject to hydrolysis) is 1. The summed E-state index contributed by atoms with van der Waals surface area (Å²) >= 11 is 0. The van der Waals surface area contributed by atoms with Gasteiger partial charge >= 0.3 is 6.09 Å². The van der Waals surface area contributed by atoms with Crippen LogP contribution in [0.15, 0.2) is 0 Å². The maximum absolute atomic E-state index is 11.2. The highest BCUT2D eigenvalue weighted by Crippen LogP contribution is 2.32. The van der Waals surface area contributed by atoms with E-state index >= 15 is 0 Å². The molecule has 2 saturated heterocycles. The Labute approximate surface area is 76.4 Å². The molecule has 1 N–H and O–H groups in total. The molecule has 1 atom stereocenters. The highest BCUT2D eigenvalue weighted by molar-refractivity contribution is 7.91. The molecule has 2 heterocycles. The number of ether oxygens (including phenoxy) is 1. The first-order chi connectivity index (χ1) is 6.02. The molecule has 2 aliphatic rings. The molecule has 2 rings (SSSR count). The van der Waals surface area contributed by atoms with Crippen molar-refractivity contribution in [2.45, 2.75) is 18.4 Å². The first kappa shape index (κ1) is 8.80. The van der Waals surface area contributed by atoms with E-state index in [0.29, 0.717) is 19.4 Å². The summed E-state index contributed by atoms with van der Waals surface area (Å²) in [6, 6.07) is 0. The van der Waals surface area contributed by atoms with Gasteiger partial charge in [0.1, 0.15) is 5.60 Å². The van der Waals surface area contributed by atoms with Crippen LogP contribution in [0.3, 0.4) is 0 Å². The van der Waals surface area contributed by atoms with Gasteiger partial charge < -0.3 is 10.1 Å². The van der Waals surface area contributed by atoms with Gasteiger partial charge in [0.05, 0.1) is 11.5 Å². The summed E-state index contributed by atoms with van der Waals surface area (Å²) in [4.78, 5) is 10.9. The molecule has 2 aliphatic heterocycles. The molecule has 0 bridgehead atoms. The van der Waals surface area contributed by atoms with E-state index in [9.17, 15) is 13.2 Å². The van der Waals surface area contributed by atoms with Gasteiger partial charge in [0.25, 0.3) is 0 Å². The number of nitrogens with one attached hydrogen (secondary N) is 1. The first-order valence-corrected chi connectivity index (χ1v) is 6.01. The minimum Gasteiger partial charge on any atom is -0.442 e. The van der Waals surface area contributed by atoms with E-state index in [1.54, 1.807) is 0 Å². The Bertz CT molecular complexity index is 336. The third-order valence-electron chi connectivity index (χ3n) is 2.51. The van der Waals surface area contributed by atoms with Crippen LogP contribution in [0.4, 0.5) is 4.79 Å². The maximum atomic E-state index is 11.2. The number of rotatable bonds is 0. The van der Waals surface area contributed by atoms with E-state index in [-0.39, 0.29) is 11.5 Å². The van der Waals surface area contributed by atoms with E-state index in [2.05, 4.69) is 5.32 Å². The Kier molecular flexibility index (Phi) is 1.76. The fourth-order valence-electron chi connectivity index (χ4n) is 1.84. The van der Waals surface area contributed by atoms with Crippen molar-refractivity contribution >= 4 is 15.9 Å². The van der Waals surface area contributed by atoms with Gasteiger partial charge in [0.15, 0.2) is 9.84 Å². The van der Waals surface area contributed by atoms with E-state index in [1.807, 2.05) is 0 Å². The normalized spacial score (nSPS) is 37.1. The van der Waals surface area contributed by atoms with Gasteiger partial charge in [-0.2, -0.15) is 0 Å². The number of sulfone groups is 1. The standard InChI is InChI=1S/C7H11NO4S/c9-6-8-3-1-7(12-6)2-4-13(10,11)5-7/h1-5H2,(H,8,9). The van der Waals surface area contributed by atoms with Crippen molar-refractivity contribution in [2.75, 3.05) is 18.1 Å². The highest BCUT2D eigenvalue weighted by Gasteiger charge is 2.46. The Morgan fingerprint density at radius 3 is 2.69 bits per heavy atom. The van der Waals surface area contributed by atoms with Crippen LogP contribution in [0.25, 0.3) is 0 Å². The number of carbonyl (C=O) groups excluding carboxylic acids is 1. The second-order valence-corrected chi connectivity index (χ2v) is 5.78. The van der Waals surface area contributed by atoms with Gasteiger partial charge in [0, 0.05) is 19.4 Å². The third-order valence-corrected chi connectivity index (χ3v) is 4.30. The minimum atomic E-state index is -2.98. The molecule has 1 spiro atoms. The van der Waals surface area contributed by atoms with Gasteiger partial charge in [-0.3, -0.25) is 0 Å². The van der Waals surface area contributed by atoms with Crippen LogP contribution < -0.4 is 5.32 Å². The number of carbonyl (C=O) groups is 1. The van der Waals surface area contributed by atoms with Crippen molar-refractivity contribution in [1.82, 2.24) is 5.32 Å². The average Bonchev–Trinajstić information content (AvgIpc) is 2.26. The zero-order chi connectivity index (χ0) is 9.53. The molecule has 74 valence electrons. The van der Waals surface area contributed by atoms with Crippen molar-refractivity contribution in [3.63, 3.8) is 0 Å². The van der Waals surface area contributed by atoms with Gasteiger partial charge in [0.2, 0.25) is 0 Å². The van der Waals surface area contributed by atoms with Crippen molar-refractivity contribution < 1.29 is 17.9 Å². The summed E-state index contributed by atoms with van der Waals surface area (Å²) in [5.74, 6) is 0.133. The summed E-state index contributed by atoms with van der Waals surface area (Å²) in [5.41, 5.74) is -0.721. The zero-order valence-corrected chi connectivity index (χ0v) is 7.89. The Morgan fingerprint density at radius 2 is 2.15 bits per heavy atom. The molecule has 0 aromatic rings. The van der Waals surface area contributed by atoms with Crippen LogP contribution in [-0.2, 0) is 14.6 Å². The number of hydrogen-bond donors (Lipinski definition) is 1. The van der Waals surface area contributed by atoms with Crippen LogP contribution in [0.5, 0.6) is 0 Å². The Balaban J connectivity index is 2.18. The van der Waals surface area contributed by atoms with Crippen molar-refractivity contribution in [2.24, 2.45) is 0 Å². The Hall–Kier alpha value is -0.780. The van der Waals surface area contributed by atoms with Gasteiger partial charge in [-0.05, 0) is 0 Å². The van der Waals surface area contributed by atoms with Crippen LogP contribution >= 0.6 is 0 Å². The van der Waals surface area contributed by atoms with Gasteiger partial charge in [-0.15, -0.1) is 0 Å². The highest BCUT2D eigenvalue weighted by atomic mass is 32.2. The molecule has 0 aromatic carbocycles. The monoisotopic (exact) mass is 205 g/mol. The molecular formula is C7H11NO4S. The van der Waals surface area contributed by atoms with Crippen LogP contribution in [0, 0.1) is 0 Å². The van der Waals surface area contributed by atoms with E-state index < -0.39 is 21.5 Å². The number of amides is 1. The summed E-state index contributed by atoms with van der Waals surface area (Å²) in [7, 11) is -2.98. The van der Waals surface area contributed by atoms with E-state index in [0.717, 1.165) is 0 Å². The second kappa shape index (κ2) is 2.60. The molecular weight excluding hydrogens is 194 g/mol. The first-order valence-electron chi connectivity index (χ1n) is 4.19. The van der Waals surface area contributed by atoms with Gasteiger partial charge in [-0.1, -0.05) is 0 Å². The zero-order valence-electron chi connectivity index (χ0n) is 7.08. The lowest BCUT2D eigenvalue weighted by Gasteiger charge is -2.31. The molecule has 0 radical (unpaired) electrons. The summed E-state index contributed by atoms with van der Waals surface area (Å²) in [6.45, 7) is 0.508. The second-order valence-electron chi connectivity index (χ2n) is 3.59. The van der Waals surface area contributed by atoms with Crippen LogP contribution in [-0.4, -0.2) is 38.2 Å². The quantitative estimate of drug-likeness (QED) is 0.588. The molecule has 1 amide bonds. The SMILES string of the molecule is O=C1NCCC2(CCS(=O)(=O)C2)O1.